The van der Waals surface area contributed by atoms with Gasteiger partial charge in [-0.05, 0) is 110 Å². The normalized spacial score (nSPS) is 15.8. The first-order valence-corrected chi connectivity index (χ1v) is 28.6. The molecule has 8 rings (SSSR count). The predicted octanol–water partition coefficient (Wildman–Crippen LogP) is 8.03. The summed E-state index contributed by atoms with van der Waals surface area (Å²) in [5.41, 5.74) is 8.08. The average molecular weight is 1110 g/mol. The van der Waals surface area contributed by atoms with Gasteiger partial charge in [-0.2, -0.15) is 0 Å². The Morgan fingerprint density at radius 2 is 1.38 bits per heavy atom. The number of phenolic OH excluding ortho intramolecular Hbond substituents is 1. The van der Waals surface area contributed by atoms with Crippen molar-refractivity contribution >= 4 is 56.3 Å². The summed E-state index contributed by atoms with van der Waals surface area (Å²) >= 11 is 1.58. The fourth-order valence-corrected chi connectivity index (χ4v) is 11.2. The van der Waals surface area contributed by atoms with E-state index in [9.17, 15) is 24.3 Å². The second-order valence-electron chi connectivity index (χ2n) is 20.0. The number of rotatable bonds is 28. The van der Waals surface area contributed by atoms with Crippen LogP contribution < -0.4 is 15.4 Å². The van der Waals surface area contributed by atoms with Crippen molar-refractivity contribution < 1.29 is 48.0 Å². The molecule has 4 aromatic carbocycles. The third kappa shape index (κ3) is 15.9. The number of carbonyl (C=O) groups excluding carboxylic acids is 4. The first-order chi connectivity index (χ1) is 39.0. The van der Waals surface area contributed by atoms with Gasteiger partial charge in [0.25, 0.3) is 0 Å². The Labute approximate surface area is 473 Å². The molecule has 6 aromatic rings. The molecule has 4 amide bonds. The zero-order chi connectivity index (χ0) is 56.2. The van der Waals surface area contributed by atoms with Crippen LogP contribution in [0.3, 0.4) is 0 Å². The summed E-state index contributed by atoms with van der Waals surface area (Å²) in [7, 11) is 3.43. The van der Waals surface area contributed by atoms with Gasteiger partial charge in [-0.3, -0.25) is 24.2 Å². The van der Waals surface area contributed by atoms with Crippen molar-refractivity contribution in [3.8, 4) is 22.8 Å². The molecule has 0 unspecified atom stereocenters. The van der Waals surface area contributed by atoms with Crippen LogP contribution in [-0.2, 0) is 38.1 Å². The quantitative estimate of drug-likeness (QED) is 0.0316. The summed E-state index contributed by atoms with van der Waals surface area (Å²) < 4.78 is 29.5. The fraction of sp³-hybridized carbons (Fsp3) is 0.419. The summed E-state index contributed by atoms with van der Waals surface area (Å²) in [6.45, 7) is 7.60. The Hall–Kier alpha value is -7.06. The second-order valence-corrected chi connectivity index (χ2v) is 21.0. The molecule has 17 nitrogen and oxygen atoms in total. The maximum Gasteiger partial charge on any atom is 0.248 e. The molecule has 0 aliphatic carbocycles. The van der Waals surface area contributed by atoms with Crippen LogP contribution in [0.25, 0.3) is 32.6 Å². The summed E-state index contributed by atoms with van der Waals surface area (Å²) in [5.74, 6) is 0.0731. The lowest BCUT2D eigenvalue weighted by molar-refractivity contribution is -0.142. The smallest absolute Gasteiger partial charge is 0.248 e. The van der Waals surface area contributed by atoms with E-state index in [1.807, 2.05) is 95.9 Å². The van der Waals surface area contributed by atoms with Gasteiger partial charge in [-0.25, -0.2) is 4.98 Å². The van der Waals surface area contributed by atoms with Crippen LogP contribution in [0, 0.1) is 5.92 Å². The van der Waals surface area contributed by atoms with Crippen LogP contribution in [0.5, 0.6) is 11.5 Å². The molecule has 2 aliphatic heterocycles. The van der Waals surface area contributed by atoms with E-state index in [1.54, 1.807) is 60.5 Å². The first kappa shape index (κ1) is 59.1. The number of benzene rings is 4. The van der Waals surface area contributed by atoms with Crippen molar-refractivity contribution in [2.24, 2.45) is 5.92 Å². The topological polar surface area (TPSA) is 194 Å². The van der Waals surface area contributed by atoms with Gasteiger partial charge in [0, 0.05) is 38.4 Å². The lowest BCUT2D eigenvalue weighted by atomic mass is 9.88. The van der Waals surface area contributed by atoms with E-state index in [0.29, 0.717) is 71.2 Å². The number of hydrogen-bond donors (Lipinski definition) is 3. The van der Waals surface area contributed by atoms with Crippen molar-refractivity contribution in [1.29, 1.82) is 0 Å². The molecule has 2 aliphatic rings. The van der Waals surface area contributed by atoms with Crippen LogP contribution in [-0.4, -0.2) is 165 Å². The molecule has 0 bridgehead atoms. The van der Waals surface area contributed by atoms with Gasteiger partial charge in [-0.1, -0.05) is 91.9 Å². The number of nitrogens with zero attached hydrogens (tertiary/aromatic N) is 5. The van der Waals surface area contributed by atoms with Crippen molar-refractivity contribution in [3.63, 3.8) is 0 Å². The van der Waals surface area contributed by atoms with E-state index < -0.39 is 12.1 Å². The highest BCUT2D eigenvalue weighted by Crippen LogP contribution is 2.40. The summed E-state index contributed by atoms with van der Waals surface area (Å²) in [4.78, 5) is 68.8. The van der Waals surface area contributed by atoms with E-state index in [2.05, 4.69) is 34.7 Å². The number of carbonyl (C=O) groups is 4. The predicted molar refractivity (Wildman–Crippen MR) is 310 cm³/mol. The lowest BCUT2D eigenvalue weighted by Crippen LogP contribution is -2.57. The molecule has 4 heterocycles. The number of aromatic nitrogens is 2. The number of allylic oxidation sites excluding steroid dienone is 1. The molecule has 3 N–H and O–H groups in total. The number of likely N-dealkylation sites (tertiary alicyclic amines) is 2. The Bertz CT molecular complexity index is 2970. The van der Waals surface area contributed by atoms with Gasteiger partial charge in [0.2, 0.25) is 23.6 Å². The van der Waals surface area contributed by atoms with E-state index >= 15 is 0 Å². The van der Waals surface area contributed by atoms with Gasteiger partial charge in [0.15, 0.2) is 0 Å². The molecule has 0 saturated carbocycles. The molecule has 18 heteroatoms. The maximum absolute atomic E-state index is 14.6. The van der Waals surface area contributed by atoms with Gasteiger partial charge >= 0.3 is 0 Å². The van der Waals surface area contributed by atoms with E-state index in [4.69, 9.17) is 28.7 Å². The number of nitrogens with one attached hydrogen (secondary N) is 2. The van der Waals surface area contributed by atoms with Crippen LogP contribution in [0.4, 0.5) is 0 Å². The Balaban J connectivity index is 0.685. The molecular weight excluding hydrogens is 1030 g/mol. The SMILES string of the molecule is CC/C(=C(\c1ccc(O)cc1)c1ccc(OCCN(C)C(=O)COCCOCCOCCOCC(=O)N2CCC([C@H](NC(=O)[C@H](C)NC)C(=O)N3CCC[C@H]3c3nc4c(-c5ccccc5)nccc4s3)CC2)cc1)c1ccccc1. The molecule has 80 heavy (non-hydrogen) atoms. The zero-order valence-electron chi connectivity index (χ0n) is 46.4. The minimum atomic E-state index is -0.749. The molecule has 424 valence electrons. The number of aromatic hydroxyl groups is 1. The van der Waals surface area contributed by atoms with Crippen LogP contribution in [0.1, 0.15) is 73.7 Å². The molecule has 3 atom stereocenters. The number of amides is 4. The first-order valence-electron chi connectivity index (χ1n) is 27.8. The lowest BCUT2D eigenvalue weighted by Gasteiger charge is -2.38. The standard InChI is InChI=1S/C62H75N7O10S/c1-5-51(44-13-8-6-9-14-44)56(45-18-22-49(70)23-19-45)46-20-24-50(25-21-46)79-34-33-67(4)54(71)41-77-39-37-75-35-36-76-38-40-78-42-55(72)68-31-27-48(28-32-68)58(65-60(73)43(2)63-3)62(74)69-30-12-17-52(69)61-66-59-53(80-61)26-29-64-57(59)47-15-10-7-11-16-47/h6-11,13-16,18-26,29,43,48,52,58,63,70H,5,12,17,27-28,30-42H2,1-4H3,(H,65,73)/b56-51-/t43-,52-,58-/m0/s1. The molecule has 2 aromatic heterocycles. The Kier molecular flexibility index (Phi) is 22.1. The molecule has 2 saturated heterocycles. The highest BCUT2D eigenvalue weighted by molar-refractivity contribution is 7.18. The van der Waals surface area contributed by atoms with Crippen molar-refractivity contribution in [3.05, 3.63) is 143 Å². The van der Waals surface area contributed by atoms with Crippen molar-refractivity contribution in [1.82, 2.24) is 35.3 Å². The second kappa shape index (κ2) is 30.0. The highest BCUT2D eigenvalue weighted by Gasteiger charge is 2.41. The number of likely N-dealkylation sites (N-methyl/N-ethyl adjacent to an activating group) is 2. The Morgan fingerprint density at radius 1 is 0.750 bits per heavy atom. The largest absolute Gasteiger partial charge is 0.508 e. The minimum absolute atomic E-state index is 0.0808. The highest BCUT2D eigenvalue weighted by atomic mass is 32.1. The molecular formula is C62H75N7O10S. The number of piperidine rings is 1. The number of phenols is 1. The van der Waals surface area contributed by atoms with Gasteiger partial charge in [0.05, 0.1) is 68.7 Å². The van der Waals surface area contributed by atoms with Crippen molar-refractivity contribution in [2.75, 3.05) is 99.7 Å². The number of fused-ring (bicyclic) bond motifs is 1. The van der Waals surface area contributed by atoms with Gasteiger partial charge in [-0.15, -0.1) is 11.3 Å². The zero-order valence-corrected chi connectivity index (χ0v) is 47.2. The Morgan fingerprint density at radius 3 is 2.02 bits per heavy atom. The summed E-state index contributed by atoms with van der Waals surface area (Å²) in [6, 6.07) is 36.0. The fourth-order valence-electron chi connectivity index (χ4n) is 10.1. The number of ether oxygens (including phenoxy) is 5. The maximum atomic E-state index is 14.6. The van der Waals surface area contributed by atoms with E-state index in [0.717, 1.165) is 68.0 Å². The molecule has 0 spiro atoms. The van der Waals surface area contributed by atoms with Crippen LogP contribution in [0.2, 0.25) is 0 Å². The minimum Gasteiger partial charge on any atom is -0.508 e. The number of pyridine rings is 1. The van der Waals surface area contributed by atoms with E-state index in [1.165, 1.54) is 5.57 Å². The number of hydrogen-bond acceptors (Lipinski definition) is 14. The van der Waals surface area contributed by atoms with Crippen LogP contribution >= 0.6 is 11.3 Å². The number of thiazole rings is 1. The summed E-state index contributed by atoms with van der Waals surface area (Å²) in [6.07, 6.45) is 5.33. The van der Waals surface area contributed by atoms with Crippen molar-refractivity contribution in [2.45, 2.75) is 64.1 Å². The van der Waals surface area contributed by atoms with Gasteiger partial charge < -0.3 is 54.1 Å². The average Bonchev–Trinajstić information content (AvgIpc) is 4.18. The third-order valence-electron chi connectivity index (χ3n) is 14.7. The monoisotopic (exact) mass is 1110 g/mol. The van der Waals surface area contributed by atoms with E-state index in [-0.39, 0.29) is 74.4 Å². The summed E-state index contributed by atoms with van der Waals surface area (Å²) in [5, 5.41) is 16.9. The molecule has 0 radical (unpaired) electrons. The molecule has 2 fully saturated rings. The van der Waals surface area contributed by atoms with Crippen LogP contribution in [0.15, 0.2) is 121 Å². The van der Waals surface area contributed by atoms with Gasteiger partial charge in [0.1, 0.15) is 47.9 Å². The third-order valence-corrected chi connectivity index (χ3v) is 15.8.